The number of amides is 2. The van der Waals surface area contributed by atoms with Gasteiger partial charge >= 0.3 is 0 Å². The van der Waals surface area contributed by atoms with Crippen molar-refractivity contribution in [1.29, 1.82) is 0 Å². The third-order valence-corrected chi connectivity index (χ3v) is 4.04. The third-order valence-electron chi connectivity index (χ3n) is 4.04. The standard InChI is InChI=1S/C15H19N3O2/c19-14-10-12(11-16-14)15(20)18-8-6-17(7-9-18)13-4-2-1-3-5-13/h1-5,12H,6-11H2,(H,16,19). The lowest BCUT2D eigenvalue weighted by Gasteiger charge is -2.37. The van der Waals surface area contributed by atoms with E-state index in [1.165, 1.54) is 5.69 Å². The van der Waals surface area contributed by atoms with Gasteiger partial charge < -0.3 is 15.1 Å². The van der Waals surface area contributed by atoms with Crippen LogP contribution in [0.4, 0.5) is 5.69 Å². The fraction of sp³-hybridized carbons (Fsp3) is 0.467. The van der Waals surface area contributed by atoms with E-state index >= 15 is 0 Å². The summed E-state index contributed by atoms with van der Waals surface area (Å²) in [6.07, 6.45) is 0.345. The second kappa shape index (κ2) is 5.53. The third kappa shape index (κ3) is 2.61. The lowest BCUT2D eigenvalue weighted by Crippen LogP contribution is -2.50. The molecule has 3 rings (SSSR count). The van der Waals surface area contributed by atoms with E-state index in [0.717, 1.165) is 26.2 Å². The molecule has 2 aliphatic rings. The SMILES string of the molecule is O=C1CC(C(=O)N2CCN(c3ccccc3)CC2)CN1. The van der Waals surface area contributed by atoms with E-state index in [-0.39, 0.29) is 17.7 Å². The molecule has 0 saturated carbocycles. The van der Waals surface area contributed by atoms with Crippen LogP contribution in [0.2, 0.25) is 0 Å². The first-order valence-corrected chi connectivity index (χ1v) is 7.09. The Morgan fingerprint density at radius 2 is 1.80 bits per heavy atom. The zero-order valence-electron chi connectivity index (χ0n) is 11.4. The van der Waals surface area contributed by atoms with Crippen LogP contribution in [0.1, 0.15) is 6.42 Å². The van der Waals surface area contributed by atoms with Crippen molar-refractivity contribution < 1.29 is 9.59 Å². The molecule has 106 valence electrons. The molecule has 0 bridgehead atoms. The number of carbonyl (C=O) groups excluding carboxylic acids is 2. The van der Waals surface area contributed by atoms with Crippen molar-refractivity contribution in [3.05, 3.63) is 30.3 Å². The van der Waals surface area contributed by atoms with Gasteiger partial charge in [-0.15, -0.1) is 0 Å². The van der Waals surface area contributed by atoms with E-state index in [0.29, 0.717) is 13.0 Å². The second-order valence-corrected chi connectivity index (χ2v) is 5.35. The highest BCUT2D eigenvalue weighted by Crippen LogP contribution is 2.18. The van der Waals surface area contributed by atoms with Crippen LogP contribution >= 0.6 is 0 Å². The molecule has 1 aromatic rings. The van der Waals surface area contributed by atoms with E-state index in [1.807, 2.05) is 23.1 Å². The Morgan fingerprint density at radius 1 is 1.10 bits per heavy atom. The monoisotopic (exact) mass is 273 g/mol. The Labute approximate surface area is 118 Å². The van der Waals surface area contributed by atoms with Gasteiger partial charge in [0.25, 0.3) is 0 Å². The Hall–Kier alpha value is -2.04. The quantitative estimate of drug-likeness (QED) is 0.852. The van der Waals surface area contributed by atoms with Crippen molar-refractivity contribution in [2.24, 2.45) is 5.92 Å². The fourth-order valence-electron chi connectivity index (χ4n) is 2.86. The van der Waals surface area contributed by atoms with Crippen LogP contribution in [0.15, 0.2) is 30.3 Å². The van der Waals surface area contributed by atoms with Crippen LogP contribution in [0, 0.1) is 5.92 Å². The minimum atomic E-state index is -0.161. The van der Waals surface area contributed by atoms with Gasteiger partial charge in [-0.05, 0) is 12.1 Å². The molecule has 0 aromatic heterocycles. The Balaban J connectivity index is 1.56. The summed E-state index contributed by atoms with van der Waals surface area (Å²) >= 11 is 0. The van der Waals surface area contributed by atoms with Gasteiger partial charge in [0.2, 0.25) is 11.8 Å². The first kappa shape index (κ1) is 13.0. The van der Waals surface area contributed by atoms with Gasteiger partial charge in [-0.2, -0.15) is 0 Å². The molecule has 0 radical (unpaired) electrons. The number of benzene rings is 1. The number of piperazine rings is 1. The van der Waals surface area contributed by atoms with Gasteiger partial charge in [-0.25, -0.2) is 0 Å². The van der Waals surface area contributed by atoms with E-state index in [4.69, 9.17) is 0 Å². The van der Waals surface area contributed by atoms with Gasteiger partial charge in [-0.3, -0.25) is 9.59 Å². The van der Waals surface area contributed by atoms with E-state index in [1.54, 1.807) is 0 Å². The van der Waals surface area contributed by atoms with Crippen molar-refractivity contribution in [2.75, 3.05) is 37.6 Å². The summed E-state index contributed by atoms with van der Waals surface area (Å²) in [4.78, 5) is 27.7. The highest BCUT2D eigenvalue weighted by Gasteiger charge is 2.32. The summed E-state index contributed by atoms with van der Waals surface area (Å²) in [6.45, 7) is 3.67. The molecule has 2 aliphatic heterocycles. The van der Waals surface area contributed by atoms with Gasteiger partial charge in [0.1, 0.15) is 0 Å². The van der Waals surface area contributed by atoms with Crippen molar-refractivity contribution in [3.8, 4) is 0 Å². The Bertz CT molecular complexity index is 495. The van der Waals surface area contributed by atoms with Crippen LogP contribution in [-0.2, 0) is 9.59 Å². The molecule has 1 N–H and O–H groups in total. The van der Waals surface area contributed by atoms with Gasteiger partial charge in [0.05, 0.1) is 5.92 Å². The van der Waals surface area contributed by atoms with E-state index < -0.39 is 0 Å². The molecule has 5 nitrogen and oxygen atoms in total. The van der Waals surface area contributed by atoms with Crippen molar-refractivity contribution in [1.82, 2.24) is 10.2 Å². The number of para-hydroxylation sites is 1. The molecular formula is C15H19N3O2. The fourth-order valence-corrected chi connectivity index (χ4v) is 2.86. The lowest BCUT2D eigenvalue weighted by molar-refractivity contribution is -0.136. The molecule has 2 saturated heterocycles. The summed E-state index contributed by atoms with van der Waals surface area (Å²) in [5.41, 5.74) is 1.21. The smallest absolute Gasteiger partial charge is 0.228 e. The normalized spacial score (nSPS) is 22.8. The number of rotatable bonds is 2. The molecule has 1 atom stereocenters. The molecule has 2 fully saturated rings. The molecule has 1 unspecified atom stereocenters. The van der Waals surface area contributed by atoms with E-state index in [9.17, 15) is 9.59 Å². The summed E-state index contributed by atoms with van der Waals surface area (Å²) in [7, 11) is 0. The molecule has 20 heavy (non-hydrogen) atoms. The van der Waals surface area contributed by atoms with Crippen LogP contribution in [-0.4, -0.2) is 49.4 Å². The van der Waals surface area contributed by atoms with Crippen LogP contribution in [0.3, 0.4) is 0 Å². The summed E-state index contributed by atoms with van der Waals surface area (Å²) in [5, 5.41) is 2.73. The molecule has 2 heterocycles. The highest BCUT2D eigenvalue weighted by atomic mass is 16.2. The number of nitrogens with zero attached hydrogens (tertiary/aromatic N) is 2. The maximum absolute atomic E-state index is 12.3. The predicted octanol–water partition coefficient (Wildman–Crippen LogP) is 0.471. The Morgan fingerprint density at radius 3 is 2.40 bits per heavy atom. The molecule has 2 amide bonds. The van der Waals surface area contributed by atoms with Gasteiger partial charge in [0.15, 0.2) is 0 Å². The summed E-state index contributed by atoms with van der Waals surface area (Å²) < 4.78 is 0. The van der Waals surface area contributed by atoms with Gasteiger partial charge in [-0.1, -0.05) is 18.2 Å². The first-order valence-electron chi connectivity index (χ1n) is 7.09. The number of anilines is 1. The average molecular weight is 273 g/mol. The minimum Gasteiger partial charge on any atom is -0.368 e. The minimum absolute atomic E-state index is 0.00808. The second-order valence-electron chi connectivity index (χ2n) is 5.35. The number of carbonyl (C=O) groups is 2. The lowest BCUT2D eigenvalue weighted by atomic mass is 10.1. The topological polar surface area (TPSA) is 52.7 Å². The molecule has 0 spiro atoms. The zero-order valence-corrected chi connectivity index (χ0v) is 11.4. The average Bonchev–Trinajstić information content (AvgIpc) is 2.94. The van der Waals surface area contributed by atoms with Crippen molar-refractivity contribution in [2.45, 2.75) is 6.42 Å². The summed E-state index contributed by atoms with van der Waals surface area (Å²) in [5.74, 6) is -0.0480. The number of hydrogen-bond acceptors (Lipinski definition) is 3. The highest BCUT2D eigenvalue weighted by molar-refractivity contribution is 5.89. The van der Waals surface area contributed by atoms with Crippen molar-refractivity contribution in [3.63, 3.8) is 0 Å². The van der Waals surface area contributed by atoms with Crippen LogP contribution in [0.25, 0.3) is 0 Å². The Kier molecular flexibility index (Phi) is 3.58. The molecule has 1 aromatic carbocycles. The number of hydrogen-bond donors (Lipinski definition) is 1. The predicted molar refractivity (Wildman–Crippen MR) is 76.4 cm³/mol. The molecule has 0 aliphatic carbocycles. The van der Waals surface area contributed by atoms with Gasteiger partial charge in [0, 0.05) is 44.8 Å². The first-order chi connectivity index (χ1) is 9.74. The van der Waals surface area contributed by atoms with E-state index in [2.05, 4.69) is 22.3 Å². The van der Waals surface area contributed by atoms with Crippen molar-refractivity contribution >= 4 is 17.5 Å². The van der Waals surface area contributed by atoms with Crippen LogP contribution < -0.4 is 10.2 Å². The molecular weight excluding hydrogens is 254 g/mol. The maximum Gasteiger partial charge on any atom is 0.228 e. The largest absolute Gasteiger partial charge is 0.368 e. The maximum atomic E-state index is 12.3. The summed E-state index contributed by atoms with van der Waals surface area (Å²) in [6, 6.07) is 10.3. The van der Waals surface area contributed by atoms with Crippen LogP contribution in [0.5, 0.6) is 0 Å². The molecule has 5 heteroatoms. The zero-order chi connectivity index (χ0) is 13.9. The number of nitrogens with one attached hydrogen (secondary N) is 1.